The summed E-state index contributed by atoms with van der Waals surface area (Å²) < 4.78 is 61.3. The first-order chi connectivity index (χ1) is 36.4. The molecule has 0 aliphatic carbocycles. The maximum atomic E-state index is 7.07. The van der Waals surface area contributed by atoms with Crippen LogP contribution in [0.15, 0.2) is 0 Å². The van der Waals surface area contributed by atoms with Crippen molar-refractivity contribution in [2.75, 3.05) is 243 Å². The Balaban J connectivity index is 3.07. The van der Waals surface area contributed by atoms with Gasteiger partial charge in [0.05, 0.1) is 119 Å². The molecule has 0 aromatic carbocycles. The quantitative estimate of drug-likeness (QED) is 0.155. The molecular weight excluding hydrogens is 997 g/mol. The number of hydrogen-bond acceptors (Lipinski definition) is 15. The summed E-state index contributed by atoms with van der Waals surface area (Å²) in [5.41, 5.74) is -1.84. The maximum absolute atomic E-state index is 7.07. The first kappa shape index (κ1) is 74.5. The van der Waals surface area contributed by atoms with E-state index in [0.717, 1.165) is 77.8 Å². The molecule has 0 amide bonds. The van der Waals surface area contributed by atoms with E-state index in [1.807, 2.05) is 0 Å². The van der Waals surface area contributed by atoms with Crippen LogP contribution < -0.4 is 0 Å². The van der Waals surface area contributed by atoms with Gasteiger partial charge in [-0.2, -0.15) is 0 Å². The third kappa shape index (κ3) is 28.0. The summed E-state index contributed by atoms with van der Waals surface area (Å²) in [4.78, 5) is 14.2. The third-order valence-electron chi connectivity index (χ3n) is 16.4. The molecule has 15 heteroatoms. The van der Waals surface area contributed by atoms with Gasteiger partial charge in [-0.25, -0.2) is 0 Å². The molecule has 2 aliphatic heterocycles. The van der Waals surface area contributed by atoms with Crippen LogP contribution in [0.1, 0.15) is 122 Å². The molecule has 2 saturated heterocycles. The molecule has 2 aliphatic rings. The molecule has 0 saturated carbocycles. The van der Waals surface area contributed by atoms with Gasteiger partial charge in [0, 0.05) is 71.8 Å². The minimum absolute atomic E-state index is 0.0246. The zero-order valence-corrected chi connectivity index (χ0v) is 56.6. The normalized spacial score (nSPS) is 30.6. The average molecular weight is 1130 g/mol. The first-order valence-electron chi connectivity index (χ1n) is 30.4. The van der Waals surface area contributed by atoms with Crippen molar-refractivity contribution < 1.29 is 42.6 Å². The summed E-state index contributed by atoms with van der Waals surface area (Å²) in [6, 6.07) is 0. The number of ether oxygens (including phenoxy) is 9. The van der Waals surface area contributed by atoms with Crippen molar-refractivity contribution in [3.05, 3.63) is 0 Å². The van der Waals surface area contributed by atoms with Gasteiger partial charge in [-0.1, -0.05) is 83.1 Å². The van der Waals surface area contributed by atoms with Gasteiger partial charge in [0.2, 0.25) is 0 Å². The molecule has 6 unspecified atom stereocenters. The molecule has 0 radical (unpaired) electrons. The van der Waals surface area contributed by atoms with Crippen LogP contribution in [0.4, 0.5) is 0 Å². The lowest BCUT2D eigenvalue weighted by atomic mass is 9.55. The van der Waals surface area contributed by atoms with Crippen molar-refractivity contribution in [2.45, 2.75) is 122 Å². The van der Waals surface area contributed by atoms with E-state index < -0.39 is 0 Å². The van der Waals surface area contributed by atoms with Crippen LogP contribution in [-0.2, 0) is 42.6 Å². The van der Waals surface area contributed by atoms with Crippen LogP contribution in [0.3, 0.4) is 0 Å². The van der Waals surface area contributed by atoms with E-state index in [-0.39, 0.29) is 54.1 Å². The zero-order valence-electron chi connectivity index (χ0n) is 56.6. The molecule has 15 nitrogen and oxygen atoms in total. The Morgan fingerprint density at radius 2 is 0.494 bits per heavy atom. The smallest absolute Gasteiger partial charge is 0.0701 e. The summed E-state index contributed by atoms with van der Waals surface area (Å²) >= 11 is 0. The number of nitrogens with zero attached hydrogens (tertiary/aromatic N) is 6. The molecule has 2 fully saturated rings. The zero-order chi connectivity index (χ0) is 60.0. The molecule has 2 heterocycles. The molecule has 0 N–H and O–H groups in total. The molecule has 6 atom stereocenters. The Morgan fingerprint density at radius 1 is 0.266 bits per heavy atom. The fourth-order valence-electron chi connectivity index (χ4n) is 14.9. The van der Waals surface area contributed by atoms with E-state index in [0.29, 0.717) is 119 Å². The molecule has 0 aromatic rings. The second-order valence-electron chi connectivity index (χ2n) is 31.8. The van der Waals surface area contributed by atoms with E-state index in [9.17, 15) is 0 Å². The highest BCUT2D eigenvalue weighted by Gasteiger charge is 2.54. The summed E-state index contributed by atoms with van der Waals surface area (Å²) in [5, 5.41) is 0. The number of fused-ring (bicyclic) bond motifs is 10. The van der Waals surface area contributed by atoms with Crippen molar-refractivity contribution in [1.82, 2.24) is 29.4 Å². The number of hydrogen-bond donors (Lipinski definition) is 0. The van der Waals surface area contributed by atoms with Gasteiger partial charge in [0.25, 0.3) is 0 Å². The van der Waals surface area contributed by atoms with Crippen LogP contribution in [0.5, 0.6) is 0 Å². The summed E-state index contributed by atoms with van der Waals surface area (Å²) in [5.74, 6) is 0. The van der Waals surface area contributed by atoms with Gasteiger partial charge in [0.15, 0.2) is 0 Å². The van der Waals surface area contributed by atoms with Gasteiger partial charge in [-0.3, -0.25) is 0 Å². The fraction of sp³-hybridized carbons (Fsp3) is 1.00. The van der Waals surface area contributed by atoms with Crippen molar-refractivity contribution in [1.29, 1.82) is 0 Å². The lowest BCUT2D eigenvalue weighted by molar-refractivity contribution is -0.131. The molecular formula is C64H132N6O9. The molecule has 2 rings (SSSR count). The van der Waals surface area contributed by atoms with Crippen LogP contribution >= 0.6 is 0 Å². The minimum Gasteiger partial charge on any atom is -0.378 e. The van der Waals surface area contributed by atoms with Gasteiger partial charge < -0.3 is 72.0 Å². The second-order valence-corrected chi connectivity index (χ2v) is 31.8. The van der Waals surface area contributed by atoms with Crippen molar-refractivity contribution in [3.63, 3.8) is 0 Å². The van der Waals surface area contributed by atoms with E-state index in [4.69, 9.17) is 42.6 Å². The standard InChI is InChI=1S/C64H132N6O9/c1-55(2,3)37-59(43-65(13)14)39-61(45-67(17)18)41-63(47-69(21)22,57(7,8)9)53-78-35-29-73-30-36-79-54-64(48-70(23)24,58(10,11)12)42-62(46-68(19)20,52-77-34-28-72-27-33-76-51-61)40-60(44-66(15)16,38-56(4,5)6)50-75-32-26-71-25-31-74-49-59/h25-54H2,1-24H3. The van der Waals surface area contributed by atoms with E-state index in [1.165, 1.54) is 0 Å². The SMILES string of the molecule is CN(C)CC1(CC(C)(C)C)COCCOCCOCC(CN(C)C)(CC(C)(C)C)CC2(CN(C)C)COCCOCCOCC(CN(C)C)(C1)CC(CN(C)C)(C(C)(C)C)COCCOCCOCC(CN(C)C)(C(C)(C)C)C2. The Morgan fingerprint density at radius 3 is 0.722 bits per heavy atom. The van der Waals surface area contributed by atoms with Gasteiger partial charge >= 0.3 is 0 Å². The number of rotatable bonds is 14. The highest BCUT2D eigenvalue weighted by atomic mass is 16.6. The van der Waals surface area contributed by atoms with Crippen LogP contribution in [0, 0.1) is 54.1 Å². The Labute approximate surface area is 488 Å². The highest BCUT2D eigenvalue weighted by molar-refractivity contribution is 5.05. The molecule has 79 heavy (non-hydrogen) atoms. The molecule has 0 spiro atoms. The van der Waals surface area contributed by atoms with Crippen molar-refractivity contribution in [2.24, 2.45) is 54.1 Å². The van der Waals surface area contributed by atoms with Gasteiger partial charge in [-0.05, 0) is 145 Å². The van der Waals surface area contributed by atoms with E-state index in [1.54, 1.807) is 0 Å². The fourth-order valence-corrected chi connectivity index (χ4v) is 14.9. The Hall–Kier alpha value is -0.600. The molecule has 472 valence electrons. The Kier molecular flexibility index (Phi) is 31.4. The van der Waals surface area contributed by atoms with Crippen LogP contribution in [0.2, 0.25) is 0 Å². The van der Waals surface area contributed by atoms with Crippen molar-refractivity contribution in [3.8, 4) is 0 Å². The second kappa shape index (κ2) is 33.3. The van der Waals surface area contributed by atoms with E-state index in [2.05, 4.69) is 197 Å². The predicted molar refractivity (Wildman–Crippen MR) is 329 cm³/mol. The summed E-state index contributed by atoms with van der Waals surface area (Å²) in [6.45, 7) is 43.3. The first-order valence-corrected chi connectivity index (χ1v) is 30.4. The van der Waals surface area contributed by atoms with Crippen LogP contribution in [-0.4, -0.2) is 272 Å². The van der Waals surface area contributed by atoms with Gasteiger partial charge in [-0.15, -0.1) is 0 Å². The highest BCUT2D eigenvalue weighted by Crippen LogP contribution is 2.55. The third-order valence-corrected chi connectivity index (χ3v) is 16.4. The minimum atomic E-state index is -0.313. The van der Waals surface area contributed by atoms with Gasteiger partial charge in [0.1, 0.15) is 0 Å². The molecule has 2 bridgehead atoms. The maximum Gasteiger partial charge on any atom is 0.0701 e. The van der Waals surface area contributed by atoms with Crippen molar-refractivity contribution >= 4 is 0 Å². The average Bonchev–Trinajstić information content (AvgIpc) is 3.23. The van der Waals surface area contributed by atoms with E-state index >= 15 is 0 Å². The monoisotopic (exact) mass is 1130 g/mol. The van der Waals surface area contributed by atoms with Crippen LogP contribution in [0.25, 0.3) is 0 Å². The largest absolute Gasteiger partial charge is 0.378 e. The lowest BCUT2D eigenvalue weighted by Crippen LogP contribution is -2.56. The Bertz CT molecular complexity index is 1510. The lowest BCUT2D eigenvalue weighted by Gasteiger charge is -2.55. The predicted octanol–water partition coefficient (Wildman–Crippen LogP) is 8.98. The molecule has 0 aromatic heterocycles. The summed E-state index contributed by atoms with van der Waals surface area (Å²) in [7, 11) is 26.6. The summed E-state index contributed by atoms with van der Waals surface area (Å²) in [6.07, 6.45) is 5.52. The topological polar surface area (TPSA) is 103 Å².